The predicted octanol–water partition coefficient (Wildman–Crippen LogP) is 4.40. The van der Waals surface area contributed by atoms with Crippen LogP contribution in [0.15, 0.2) is 36.4 Å². The van der Waals surface area contributed by atoms with E-state index in [1.54, 1.807) is 19.2 Å². The lowest BCUT2D eigenvalue weighted by Crippen LogP contribution is -2.19. The summed E-state index contributed by atoms with van der Waals surface area (Å²) in [6.07, 6.45) is 0. The van der Waals surface area contributed by atoms with Crippen molar-refractivity contribution in [2.75, 3.05) is 14.2 Å². The molecule has 0 fully saturated rings. The van der Waals surface area contributed by atoms with Crippen molar-refractivity contribution in [3.63, 3.8) is 0 Å². The van der Waals surface area contributed by atoms with Gasteiger partial charge in [0.2, 0.25) is 0 Å². The fourth-order valence-electron chi connectivity index (χ4n) is 2.06. The van der Waals surface area contributed by atoms with E-state index < -0.39 is 0 Å². The summed E-state index contributed by atoms with van der Waals surface area (Å²) in [5, 5.41) is 3.78. The van der Waals surface area contributed by atoms with Crippen LogP contribution < -0.4 is 10.1 Å². The Labute approximate surface area is 136 Å². The summed E-state index contributed by atoms with van der Waals surface area (Å²) in [6.45, 7) is 0. The van der Waals surface area contributed by atoms with E-state index >= 15 is 0 Å². The second-order valence-electron chi connectivity index (χ2n) is 4.28. The number of ether oxygens (including phenoxy) is 1. The van der Waals surface area contributed by atoms with Crippen LogP contribution in [0.3, 0.4) is 0 Å². The molecule has 0 aliphatic heterocycles. The summed E-state index contributed by atoms with van der Waals surface area (Å²) in [6, 6.07) is 10.3. The lowest BCUT2D eigenvalue weighted by Gasteiger charge is -2.19. The van der Waals surface area contributed by atoms with Gasteiger partial charge < -0.3 is 10.1 Å². The average molecular weight is 406 g/mol. The van der Waals surface area contributed by atoms with Crippen LogP contribution in [0.2, 0.25) is 5.02 Å². The SMILES string of the molecule is CNC(c1ccc(I)c(Cl)c1)c1ccc(OC)cc1F. The summed E-state index contributed by atoms with van der Waals surface area (Å²) in [5.74, 6) is 0.195. The molecule has 0 aliphatic rings. The van der Waals surface area contributed by atoms with Gasteiger partial charge in [-0.2, -0.15) is 0 Å². The molecular weight excluding hydrogens is 392 g/mol. The number of rotatable bonds is 4. The number of hydrogen-bond acceptors (Lipinski definition) is 2. The third-order valence-electron chi connectivity index (χ3n) is 3.08. The highest BCUT2D eigenvalue weighted by atomic mass is 127. The minimum absolute atomic E-state index is 0.254. The van der Waals surface area contributed by atoms with Crippen molar-refractivity contribution in [2.45, 2.75) is 6.04 Å². The van der Waals surface area contributed by atoms with Gasteiger partial charge in [-0.05, 0) is 53.4 Å². The van der Waals surface area contributed by atoms with Crippen molar-refractivity contribution in [1.29, 1.82) is 0 Å². The lowest BCUT2D eigenvalue weighted by molar-refractivity contribution is 0.410. The highest BCUT2D eigenvalue weighted by molar-refractivity contribution is 14.1. The van der Waals surface area contributed by atoms with E-state index in [0.717, 1.165) is 9.13 Å². The molecule has 20 heavy (non-hydrogen) atoms. The van der Waals surface area contributed by atoms with Crippen LogP contribution in [0.5, 0.6) is 5.75 Å². The predicted molar refractivity (Wildman–Crippen MR) is 88.0 cm³/mol. The van der Waals surface area contributed by atoms with Crippen molar-refractivity contribution < 1.29 is 9.13 Å². The molecule has 0 spiro atoms. The molecule has 1 atom stereocenters. The maximum absolute atomic E-state index is 14.2. The van der Waals surface area contributed by atoms with Gasteiger partial charge in [0.1, 0.15) is 11.6 Å². The Morgan fingerprint density at radius 3 is 2.55 bits per heavy atom. The average Bonchev–Trinajstić information content (AvgIpc) is 2.45. The zero-order valence-electron chi connectivity index (χ0n) is 11.1. The Kier molecular flexibility index (Phi) is 5.23. The second kappa shape index (κ2) is 6.74. The highest BCUT2D eigenvalue weighted by Gasteiger charge is 2.17. The zero-order chi connectivity index (χ0) is 14.7. The molecule has 0 amide bonds. The fraction of sp³-hybridized carbons (Fsp3) is 0.200. The van der Waals surface area contributed by atoms with Gasteiger partial charge in [0.15, 0.2) is 0 Å². The van der Waals surface area contributed by atoms with E-state index in [2.05, 4.69) is 27.9 Å². The van der Waals surface area contributed by atoms with Crippen molar-refractivity contribution in [3.8, 4) is 5.75 Å². The van der Waals surface area contributed by atoms with Crippen molar-refractivity contribution in [3.05, 3.63) is 61.9 Å². The van der Waals surface area contributed by atoms with Crippen LogP contribution >= 0.6 is 34.2 Å². The molecule has 5 heteroatoms. The molecule has 2 rings (SSSR count). The Bertz CT molecular complexity index is 621. The molecule has 0 heterocycles. The van der Waals surface area contributed by atoms with E-state index in [0.29, 0.717) is 16.3 Å². The van der Waals surface area contributed by atoms with E-state index in [4.69, 9.17) is 16.3 Å². The third kappa shape index (κ3) is 3.24. The maximum atomic E-state index is 14.2. The van der Waals surface area contributed by atoms with E-state index in [-0.39, 0.29) is 11.9 Å². The first-order valence-corrected chi connectivity index (χ1v) is 7.48. The number of benzene rings is 2. The maximum Gasteiger partial charge on any atom is 0.132 e. The summed E-state index contributed by atoms with van der Waals surface area (Å²) in [4.78, 5) is 0. The van der Waals surface area contributed by atoms with Crippen LogP contribution in [-0.4, -0.2) is 14.2 Å². The summed E-state index contributed by atoms with van der Waals surface area (Å²) in [5.41, 5.74) is 1.48. The van der Waals surface area contributed by atoms with Crippen molar-refractivity contribution >= 4 is 34.2 Å². The third-order valence-corrected chi connectivity index (χ3v) is 4.66. The van der Waals surface area contributed by atoms with Crippen LogP contribution in [0, 0.1) is 9.39 Å². The van der Waals surface area contributed by atoms with Gasteiger partial charge in [0, 0.05) is 15.2 Å². The van der Waals surface area contributed by atoms with E-state index in [1.165, 1.54) is 13.2 Å². The molecule has 2 aromatic carbocycles. The van der Waals surface area contributed by atoms with Crippen molar-refractivity contribution in [1.82, 2.24) is 5.32 Å². The summed E-state index contributed by atoms with van der Waals surface area (Å²) in [7, 11) is 3.31. The quantitative estimate of drug-likeness (QED) is 0.761. The van der Waals surface area contributed by atoms with Gasteiger partial charge in [0.05, 0.1) is 18.2 Å². The first-order valence-electron chi connectivity index (χ1n) is 6.02. The molecular formula is C15H14ClFINO. The van der Waals surface area contributed by atoms with Gasteiger partial charge in [-0.25, -0.2) is 4.39 Å². The fourth-order valence-corrected chi connectivity index (χ4v) is 2.59. The Hall–Kier alpha value is -0.850. The van der Waals surface area contributed by atoms with Gasteiger partial charge in [-0.1, -0.05) is 23.7 Å². The van der Waals surface area contributed by atoms with Crippen LogP contribution in [0.1, 0.15) is 17.2 Å². The molecule has 0 saturated heterocycles. The molecule has 0 bridgehead atoms. The molecule has 0 radical (unpaired) electrons. The van der Waals surface area contributed by atoms with E-state index in [9.17, 15) is 4.39 Å². The molecule has 106 valence electrons. The van der Waals surface area contributed by atoms with Gasteiger partial charge in [0.25, 0.3) is 0 Å². The zero-order valence-corrected chi connectivity index (χ0v) is 14.0. The molecule has 0 saturated carbocycles. The molecule has 1 unspecified atom stereocenters. The standard InChI is InChI=1S/C15H14ClFINO/c1-19-15(9-3-6-14(18)12(16)7-9)11-5-4-10(20-2)8-13(11)17/h3-8,15,19H,1-2H3. The van der Waals surface area contributed by atoms with Crippen LogP contribution in [0.25, 0.3) is 0 Å². The second-order valence-corrected chi connectivity index (χ2v) is 5.85. The molecule has 0 aromatic heterocycles. The topological polar surface area (TPSA) is 21.3 Å². The van der Waals surface area contributed by atoms with Crippen LogP contribution in [0.4, 0.5) is 4.39 Å². The number of methoxy groups -OCH3 is 1. The molecule has 2 nitrogen and oxygen atoms in total. The number of halogens is 3. The minimum Gasteiger partial charge on any atom is -0.497 e. The summed E-state index contributed by atoms with van der Waals surface area (Å²) >= 11 is 8.31. The Morgan fingerprint density at radius 2 is 2.00 bits per heavy atom. The smallest absolute Gasteiger partial charge is 0.132 e. The van der Waals surface area contributed by atoms with Gasteiger partial charge in [-0.15, -0.1) is 0 Å². The summed E-state index contributed by atoms with van der Waals surface area (Å²) < 4.78 is 20.2. The highest BCUT2D eigenvalue weighted by Crippen LogP contribution is 2.29. The number of nitrogens with one attached hydrogen (secondary N) is 1. The molecule has 2 aromatic rings. The monoisotopic (exact) mass is 405 g/mol. The first-order chi connectivity index (χ1) is 9.56. The molecule has 0 aliphatic carbocycles. The Morgan fingerprint density at radius 1 is 1.25 bits per heavy atom. The van der Waals surface area contributed by atoms with Crippen LogP contribution in [-0.2, 0) is 0 Å². The van der Waals surface area contributed by atoms with Crippen molar-refractivity contribution in [2.24, 2.45) is 0 Å². The van der Waals surface area contributed by atoms with Gasteiger partial charge in [-0.3, -0.25) is 0 Å². The normalized spacial score (nSPS) is 12.2. The first kappa shape index (κ1) is 15.5. The van der Waals surface area contributed by atoms with E-state index in [1.807, 2.05) is 18.2 Å². The minimum atomic E-state index is -0.307. The Balaban J connectivity index is 2.43. The number of hydrogen-bond donors (Lipinski definition) is 1. The molecule has 1 N–H and O–H groups in total. The van der Waals surface area contributed by atoms with Gasteiger partial charge >= 0.3 is 0 Å². The lowest BCUT2D eigenvalue weighted by atomic mass is 9.98. The largest absolute Gasteiger partial charge is 0.497 e.